The minimum absolute atomic E-state index is 0.784. The summed E-state index contributed by atoms with van der Waals surface area (Å²) in [5.74, 6) is 1.84. The Hall–Kier alpha value is -0.0800. The second kappa shape index (κ2) is 5.50. The van der Waals surface area contributed by atoms with Gasteiger partial charge < -0.3 is 10.2 Å². The molecule has 94 valence electrons. The van der Waals surface area contributed by atoms with E-state index in [1.165, 1.54) is 45.2 Å². The van der Waals surface area contributed by atoms with Crippen LogP contribution in [0.3, 0.4) is 0 Å². The quantitative estimate of drug-likeness (QED) is 0.772. The topological polar surface area (TPSA) is 15.3 Å². The van der Waals surface area contributed by atoms with Crippen molar-refractivity contribution in [2.75, 3.05) is 20.1 Å². The normalized spacial score (nSPS) is 35.6. The number of hydrogen-bond donors (Lipinski definition) is 1. The van der Waals surface area contributed by atoms with Crippen molar-refractivity contribution in [3.05, 3.63) is 0 Å². The summed E-state index contributed by atoms with van der Waals surface area (Å²) in [6, 6.07) is 1.69. The summed E-state index contributed by atoms with van der Waals surface area (Å²) in [5.41, 5.74) is 0. The fourth-order valence-corrected chi connectivity index (χ4v) is 3.26. The molecule has 2 fully saturated rings. The second-order valence-corrected chi connectivity index (χ2v) is 6.28. The van der Waals surface area contributed by atoms with E-state index in [1.54, 1.807) is 0 Å². The van der Waals surface area contributed by atoms with Gasteiger partial charge >= 0.3 is 0 Å². The Bertz CT molecular complexity index is 203. The minimum atomic E-state index is 0.784. The molecule has 2 aliphatic carbocycles. The molecule has 2 heteroatoms. The van der Waals surface area contributed by atoms with E-state index in [9.17, 15) is 0 Å². The van der Waals surface area contributed by atoms with Crippen molar-refractivity contribution in [2.45, 2.75) is 58.0 Å². The van der Waals surface area contributed by atoms with E-state index in [1.807, 2.05) is 0 Å². The molecule has 0 aliphatic heterocycles. The van der Waals surface area contributed by atoms with Gasteiger partial charge in [-0.3, -0.25) is 0 Å². The molecule has 1 N–H and O–H groups in total. The lowest BCUT2D eigenvalue weighted by Gasteiger charge is -2.32. The molecule has 2 nitrogen and oxygen atoms in total. The third-order valence-corrected chi connectivity index (χ3v) is 4.25. The Morgan fingerprint density at radius 1 is 1.06 bits per heavy atom. The smallest absolute Gasteiger partial charge is 0.0107 e. The summed E-state index contributed by atoms with van der Waals surface area (Å²) < 4.78 is 0. The van der Waals surface area contributed by atoms with Gasteiger partial charge in [0.1, 0.15) is 0 Å². The molecule has 2 saturated carbocycles. The molecule has 0 aromatic carbocycles. The maximum atomic E-state index is 3.75. The van der Waals surface area contributed by atoms with Crippen LogP contribution >= 0.6 is 0 Å². The van der Waals surface area contributed by atoms with Gasteiger partial charge in [-0.15, -0.1) is 0 Å². The zero-order valence-corrected chi connectivity index (χ0v) is 11.2. The largest absolute Gasteiger partial charge is 0.313 e. The van der Waals surface area contributed by atoms with Gasteiger partial charge in [-0.05, 0) is 51.0 Å². The lowest BCUT2D eigenvalue weighted by atomic mass is 9.80. The van der Waals surface area contributed by atoms with Crippen molar-refractivity contribution in [3.8, 4) is 0 Å². The van der Waals surface area contributed by atoms with Gasteiger partial charge in [-0.25, -0.2) is 0 Å². The summed E-state index contributed by atoms with van der Waals surface area (Å²) in [6.07, 6.45) is 7.05. The predicted molar refractivity (Wildman–Crippen MR) is 69.6 cm³/mol. The van der Waals surface area contributed by atoms with Gasteiger partial charge in [-0.2, -0.15) is 0 Å². The molecule has 2 atom stereocenters. The summed E-state index contributed by atoms with van der Waals surface area (Å²) in [6.45, 7) is 7.21. The van der Waals surface area contributed by atoms with Crippen molar-refractivity contribution >= 4 is 0 Å². The van der Waals surface area contributed by atoms with Crippen LogP contribution in [-0.4, -0.2) is 37.1 Å². The van der Waals surface area contributed by atoms with E-state index in [2.05, 4.69) is 31.1 Å². The van der Waals surface area contributed by atoms with Crippen molar-refractivity contribution in [3.63, 3.8) is 0 Å². The molecule has 0 aromatic rings. The van der Waals surface area contributed by atoms with Crippen LogP contribution in [0.4, 0.5) is 0 Å². The minimum Gasteiger partial charge on any atom is -0.313 e. The van der Waals surface area contributed by atoms with Crippen LogP contribution in [0.5, 0.6) is 0 Å². The van der Waals surface area contributed by atoms with Crippen LogP contribution in [0.15, 0.2) is 0 Å². The van der Waals surface area contributed by atoms with Crippen LogP contribution in [0.2, 0.25) is 0 Å². The number of rotatable bonds is 5. The molecule has 16 heavy (non-hydrogen) atoms. The first-order valence-electron chi connectivity index (χ1n) is 7.08. The Labute approximate surface area is 101 Å². The summed E-state index contributed by atoms with van der Waals surface area (Å²) in [4.78, 5) is 2.52. The molecule has 0 spiro atoms. The van der Waals surface area contributed by atoms with E-state index < -0.39 is 0 Å². The van der Waals surface area contributed by atoms with E-state index in [-0.39, 0.29) is 0 Å². The lowest BCUT2D eigenvalue weighted by molar-refractivity contribution is 0.229. The SMILES string of the molecule is CC1CC(C)CC(NCCN(C)C2CC2)C1. The molecular formula is C14H28N2. The van der Waals surface area contributed by atoms with Gasteiger partial charge in [0.25, 0.3) is 0 Å². The summed E-state index contributed by atoms with van der Waals surface area (Å²) >= 11 is 0. The molecule has 0 heterocycles. The average molecular weight is 224 g/mol. The predicted octanol–water partition coefficient (Wildman–Crippen LogP) is 2.49. The van der Waals surface area contributed by atoms with Gasteiger partial charge in [0, 0.05) is 25.2 Å². The fourth-order valence-electron chi connectivity index (χ4n) is 3.26. The highest BCUT2D eigenvalue weighted by atomic mass is 15.2. The van der Waals surface area contributed by atoms with Gasteiger partial charge in [0.2, 0.25) is 0 Å². The molecule has 0 aromatic heterocycles. The van der Waals surface area contributed by atoms with Gasteiger partial charge in [0.05, 0.1) is 0 Å². The van der Waals surface area contributed by atoms with E-state index >= 15 is 0 Å². The highest BCUT2D eigenvalue weighted by Gasteiger charge is 2.26. The monoisotopic (exact) mass is 224 g/mol. The van der Waals surface area contributed by atoms with Crippen molar-refractivity contribution in [1.29, 1.82) is 0 Å². The second-order valence-electron chi connectivity index (χ2n) is 6.28. The van der Waals surface area contributed by atoms with Crippen LogP contribution in [0.1, 0.15) is 46.0 Å². The zero-order chi connectivity index (χ0) is 11.5. The third-order valence-electron chi connectivity index (χ3n) is 4.25. The molecule has 2 aliphatic rings. The molecule has 0 radical (unpaired) electrons. The van der Waals surface area contributed by atoms with Crippen molar-refractivity contribution in [1.82, 2.24) is 10.2 Å². The Morgan fingerprint density at radius 3 is 2.25 bits per heavy atom. The van der Waals surface area contributed by atoms with Gasteiger partial charge in [0.15, 0.2) is 0 Å². The fraction of sp³-hybridized carbons (Fsp3) is 1.00. The van der Waals surface area contributed by atoms with E-state index in [0.29, 0.717) is 0 Å². The Balaban J connectivity index is 1.61. The molecule has 2 rings (SSSR count). The first kappa shape index (κ1) is 12.4. The molecule has 0 amide bonds. The number of hydrogen-bond acceptors (Lipinski definition) is 2. The third kappa shape index (κ3) is 3.74. The van der Waals surface area contributed by atoms with Crippen LogP contribution < -0.4 is 5.32 Å². The maximum Gasteiger partial charge on any atom is 0.0107 e. The summed E-state index contributed by atoms with van der Waals surface area (Å²) in [7, 11) is 2.27. The van der Waals surface area contributed by atoms with Crippen LogP contribution in [0, 0.1) is 11.8 Å². The van der Waals surface area contributed by atoms with E-state index in [4.69, 9.17) is 0 Å². The van der Waals surface area contributed by atoms with Crippen LogP contribution in [-0.2, 0) is 0 Å². The number of nitrogens with zero attached hydrogens (tertiary/aromatic N) is 1. The Morgan fingerprint density at radius 2 is 1.69 bits per heavy atom. The van der Waals surface area contributed by atoms with Crippen molar-refractivity contribution < 1.29 is 0 Å². The van der Waals surface area contributed by atoms with E-state index in [0.717, 1.165) is 23.9 Å². The average Bonchev–Trinajstić information content (AvgIpc) is 2.98. The number of likely N-dealkylation sites (N-methyl/N-ethyl adjacent to an activating group) is 1. The number of nitrogens with one attached hydrogen (secondary N) is 1. The molecule has 2 unspecified atom stereocenters. The standard InChI is InChI=1S/C14H28N2/c1-11-8-12(2)10-13(9-11)15-6-7-16(3)14-4-5-14/h11-15H,4-10H2,1-3H3. The van der Waals surface area contributed by atoms with Crippen molar-refractivity contribution in [2.24, 2.45) is 11.8 Å². The highest BCUT2D eigenvalue weighted by molar-refractivity contribution is 4.84. The maximum absolute atomic E-state index is 3.75. The zero-order valence-electron chi connectivity index (χ0n) is 11.2. The lowest BCUT2D eigenvalue weighted by Crippen LogP contribution is -2.40. The van der Waals surface area contributed by atoms with Gasteiger partial charge in [-0.1, -0.05) is 13.8 Å². The summed E-state index contributed by atoms with van der Waals surface area (Å²) in [5, 5.41) is 3.75. The molecule has 0 saturated heterocycles. The highest BCUT2D eigenvalue weighted by Crippen LogP contribution is 2.28. The molecular weight excluding hydrogens is 196 g/mol. The van der Waals surface area contributed by atoms with Crippen LogP contribution in [0.25, 0.3) is 0 Å². The molecule has 0 bridgehead atoms. The first-order valence-corrected chi connectivity index (χ1v) is 7.08. The first-order chi connectivity index (χ1) is 7.65. The Kier molecular flexibility index (Phi) is 4.26.